The van der Waals surface area contributed by atoms with Gasteiger partial charge in [-0.15, -0.1) is 0 Å². The van der Waals surface area contributed by atoms with Crippen molar-refractivity contribution in [2.24, 2.45) is 0 Å². The predicted molar refractivity (Wildman–Crippen MR) is 57.1 cm³/mol. The Morgan fingerprint density at radius 3 is 2.40 bits per heavy atom. The minimum atomic E-state index is -0.885. The van der Waals surface area contributed by atoms with Gasteiger partial charge in [0.05, 0.1) is 5.92 Å². The lowest BCUT2D eigenvalue weighted by Crippen LogP contribution is -2.22. The maximum Gasteiger partial charge on any atom is 0.310 e. The van der Waals surface area contributed by atoms with Gasteiger partial charge in [-0.2, -0.15) is 0 Å². The Bertz CT molecular complexity index is 420. The molecule has 1 heterocycles. The number of nitrogens with zero attached hydrogens (tertiary/aromatic N) is 1. The summed E-state index contributed by atoms with van der Waals surface area (Å²) in [5.74, 6) is -1.47. The van der Waals surface area contributed by atoms with E-state index in [-0.39, 0.29) is 11.6 Å². The van der Waals surface area contributed by atoms with Crippen molar-refractivity contribution in [2.45, 2.75) is 32.7 Å². The Morgan fingerprint density at radius 2 is 1.93 bits per heavy atom. The molecule has 1 N–H and O–H groups in total. The van der Waals surface area contributed by atoms with E-state index in [9.17, 15) is 9.59 Å². The number of carbonyl (C=O) groups is 1. The fraction of sp³-hybridized carbons (Fsp3) is 0.455. The first-order chi connectivity index (χ1) is 6.93. The van der Waals surface area contributed by atoms with Crippen molar-refractivity contribution in [3.8, 4) is 0 Å². The highest BCUT2D eigenvalue weighted by atomic mass is 16.4. The van der Waals surface area contributed by atoms with Crippen molar-refractivity contribution in [2.75, 3.05) is 0 Å². The van der Waals surface area contributed by atoms with Gasteiger partial charge in [0.25, 0.3) is 5.56 Å². The zero-order valence-corrected chi connectivity index (χ0v) is 9.10. The number of carboxylic acids is 1. The summed E-state index contributed by atoms with van der Waals surface area (Å²) in [4.78, 5) is 22.2. The monoisotopic (exact) mass is 209 g/mol. The van der Waals surface area contributed by atoms with Crippen LogP contribution >= 0.6 is 0 Å². The summed E-state index contributed by atoms with van der Waals surface area (Å²) in [6.07, 6.45) is 1.62. The van der Waals surface area contributed by atoms with E-state index in [4.69, 9.17) is 5.11 Å². The molecule has 0 aliphatic heterocycles. The molecule has 4 heteroatoms. The lowest BCUT2D eigenvalue weighted by molar-refractivity contribution is -0.138. The molecule has 1 rings (SSSR count). The SMILES string of the molecule is CC(C(=O)O)c1ccc(=O)n(C(C)C)c1. The number of pyridine rings is 1. The van der Waals surface area contributed by atoms with Gasteiger partial charge in [0.2, 0.25) is 0 Å². The van der Waals surface area contributed by atoms with Crippen LogP contribution in [0.4, 0.5) is 0 Å². The van der Waals surface area contributed by atoms with Gasteiger partial charge in [-0.3, -0.25) is 9.59 Å². The van der Waals surface area contributed by atoms with Crippen LogP contribution in [0.2, 0.25) is 0 Å². The second kappa shape index (κ2) is 4.29. The first kappa shape index (κ1) is 11.5. The van der Waals surface area contributed by atoms with E-state index in [1.165, 1.54) is 10.6 Å². The molecule has 0 fully saturated rings. The molecule has 15 heavy (non-hydrogen) atoms. The molecular weight excluding hydrogens is 194 g/mol. The molecule has 0 radical (unpaired) electrons. The molecule has 1 unspecified atom stereocenters. The molecule has 0 aliphatic rings. The molecule has 0 spiro atoms. The van der Waals surface area contributed by atoms with Gasteiger partial charge in [-0.25, -0.2) is 0 Å². The van der Waals surface area contributed by atoms with Crippen LogP contribution in [0, 0.1) is 0 Å². The molecule has 0 aliphatic carbocycles. The summed E-state index contributed by atoms with van der Waals surface area (Å²) in [5, 5.41) is 8.85. The Labute approximate surface area is 88.2 Å². The van der Waals surface area contributed by atoms with Crippen LogP contribution in [0.1, 0.15) is 38.3 Å². The van der Waals surface area contributed by atoms with E-state index >= 15 is 0 Å². The van der Waals surface area contributed by atoms with Gasteiger partial charge in [0.15, 0.2) is 0 Å². The molecule has 0 amide bonds. The van der Waals surface area contributed by atoms with E-state index in [0.717, 1.165) is 0 Å². The average molecular weight is 209 g/mol. The molecule has 1 aromatic heterocycles. The van der Waals surface area contributed by atoms with Gasteiger partial charge >= 0.3 is 5.97 Å². The first-order valence-electron chi connectivity index (χ1n) is 4.88. The van der Waals surface area contributed by atoms with Crippen molar-refractivity contribution >= 4 is 5.97 Å². The highest BCUT2D eigenvalue weighted by Gasteiger charge is 2.14. The number of aromatic nitrogens is 1. The number of hydrogen-bond acceptors (Lipinski definition) is 2. The number of carboxylic acid groups (broad SMARTS) is 1. The highest BCUT2D eigenvalue weighted by molar-refractivity contribution is 5.75. The second-order valence-corrected chi connectivity index (χ2v) is 3.86. The fourth-order valence-electron chi connectivity index (χ4n) is 1.32. The fourth-order valence-corrected chi connectivity index (χ4v) is 1.32. The third kappa shape index (κ3) is 2.46. The van der Waals surface area contributed by atoms with Crippen LogP contribution in [-0.4, -0.2) is 15.6 Å². The first-order valence-corrected chi connectivity index (χ1v) is 4.88. The summed E-state index contributed by atoms with van der Waals surface area (Å²) in [7, 11) is 0. The number of aliphatic carboxylic acids is 1. The van der Waals surface area contributed by atoms with Crippen LogP contribution in [0.25, 0.3) is 0 Å². The maximum absolute atomic E-state index is 11.4. The Morgan fingerprint density at radius 1 is 1.33 bits per heavy atom. The van der Waals surface area contributed by atoms with Gasteiger partial charge < -0.3 is 9.67 Å². The lowest BCUT2D eigenvalue weighted by atomic mass is 10.0. The zero-order valence-electron chi connectivity index (χ0n) is 9.10. The van der Waals surface area contributed by atoms with Gasteiger partial charge in [-0.1, -0.05) is 6.07 Å². The molecule has 4 nitrogen and oxygen atoms in total. The van der Waals surface area contributed by atoms with Gasteiger partial charge in [0, 0.05) is 18.3 Å². The Kier molecular flexibility index (Phi) is 3.29. The second-order valence-electron chi connectivity index (χ2n) is 3.86. The smallest absolute Gasteiger partial charge is 0.310 e. The third-order valence-corrected chi connectivity index (χ3v) is 2.39. The van der Waals surface area contributed by atoms with Crippen molar-refractivity contribution in [1.82, 2.24) is 4.57 Å². The molecule has 82 valence electrons. The van der Waals surface area contributed by atoms with E-state index < -0.39 is 11.9 Å². The van der Waals surface area contributed by atoms with Crippen LogP contribution in [0.5, 0.6) is 0 Å². The minimum absolute atomic E-state index is 0.0402. The van der Waals surface area contributed by atoms with Crippen molar-refractivity contribution in [1.29, 1.82) is 0 Å². The molecule has 0 saturated heterocycles. The number of rotatable bonds is 3. The minimum Gasteiger partial charge on any atom is -0.481 e. The maximum atomic E-state index is 11.4. The lowest BCUT2D eigenvalue weighted by Gasteiger charge is -2.13. The van der Waals surface area contributed by atoms with E-state index in [1.54, 1.807) is 19.2 Å². The molecule has 0 saturated carbocycles. The standard InChI is InChI=1S/C11H15NO3/c1-7(2)12-6-9(4-5-10(12)13)8(3)11(14)15/h4-8H,1-3H3,(H,14,15). The van der Waals surface area contributed by atoms with Crippen molar-refractivity contribution in [3.05, 3.63) is 34.2 Å². The van der Waals surface area contributed by atoms with Gasteiger partial charge in [0.1, 0.15) is 0 Å². The van der Waals surface area contributed by atoms with E-state index in [1.807, 2.05) is 13.8 Å². The topological polar surface area (TPSA) is 59.3 Å². The van der Waals surface area contributed by atoms with Crippen molar-refractivity contribution < 1.29 is 9.90 Å². The summed E-state index contributed by atoms with van der Waals surface area (Å²) in [6.45, 7) is 5.38. The predicted octanol–water partition coefficient (Wildman–Crippen LogP) is 1.62. The average Bonchev–Trinajstić information content (AvgIpc) is 2.16. The molecule has 0 aromatic carbocycles. The third-order valence-electron chi connectivity index (χ3n) is 2.39. The summed E-state index contributed by atoms with van der Waals surface area (Å²) in [5.41, 5.74) is 0.544. The van der Waals surface area contributed by atoms with Gasteiger partial charge in [-0.05, 0) is 26.3 Å². The Hall–Kier alpha value is -1.58. The molecule has 1 aromatic rings. The molecule has 0 bridgehead atoms. The van der Waals surface area contributed by atoms with Crippen LogP contribution in [0.3, 0.4) is 0 Å². The molecular formula is C11H15NO3. The quantitative estimate of drug-likeness (QED) is 0.822. The summed E-state index contributed by atoms with van der Waals surface area (Å²) < 4.78 is 1.54. The largest absolute Gasteiger partial charge is 0.481 e. The van der Waals surface area contributed by atoms with Crippen molar-refractivity contribution in [3.63, 3.8) is 0 Å². The number of hydrogen-bond donors (Lipinski definition) is 1. The van der Waals surface area contributed by atoms with E-state index in [0.29, 0.717) is 5.56 Å². The zero-order chi connectivity index (χ0) is 11.6. The Balaban J connectivity index is 3.19. The van der Waals surface area contributed by atoms with Crippen LogP contribution in [-0.2, 0) is 4.79 Å². The van der Waals surface area contributed by atoms with Crippen LogP contribution < -0.4 is 5.56 Å². The summed E-state index contributed by atoms with van der Waals surface area (Å²) >= 11 is 0. The normalized spacial score (nSPS) is 12.8. The summed E-state index contributed by atoms with van der Waals surface area (Å²) in [6, 6.07) is 3.02. The molecule has 1 atom stereocenters. The van der Waals surface area contributed by atoms with E-state index in [2.05, 4.69) is 0 Å². The van der Waals surface area contributed by atoms with Crippen LogP contribution in [0.15, 0.2) is 23.1 Å². The highest BCUT2D eigenvalue weighted by Crippen LogP contribution is 2.14.